The van der Waals surface area contributed by atoms with E-state index in [0.717, 1.165) is 0 Å². The van der Waals surface area contributed by atoms with Crippen molar-refractivity contribution in [3.63, 3.8) is 0 Å². The van der Waals surface area contributed by atoms with Crippen LogP contribution < -0.4 is 0 Å². The molecule has 3 N–H and O–H groups in total. The molecule has 0 radical (unpaired) electrons. The van der Waals surface area contributed by atoms with E-state index in [1.807, 2.05) is 12.1 Å². The van der Waals surface area contributed by atoms with Gasteiger partial charge in [0.05, 0.1) is 23.2 Å². The summed E-state index contributed by atoms with van der Waals surface area (Å²) in [6, 6.07) is 9.04. The number of imidazole rings is 1. The highest BCUT2D eigenvalue weighted by Gasteiger charge is 2.24. The Kier molecular flexibility index (Phi) is 5.88. The van der Waals surface area contributed by atoms with Gasteiger partial charge >= 0.3 is 11.9 Å². The molecule has 0 bridgehead atoms. The molecule has 0 saturated carbocycles. The highest BCUT2D eigenvalue weighted by atomic mass is 16.5. The first-order chi connectivity index (χ1) is 14.4. The molecular weight excluding hydrogens is 388 g/mol. The van der Waals surface area contributed by atoms with E-state index >= 15 is 0 Å². The number of aromatic nitrogens is 3. The molecule has 154 valence electrons. The number of ether oxygens (including phenoxy) is 2. The third-order valence-corrected chi connectivity index (χ3v) is 4.49. The smallest absolute Gasteiger partial charge is 0.355 e. The molecule has 0 aliphatic rings. The molecule has 0 amide bonds. The number of benzene rings is 1. The monoisotopic (exact) mass is 408 g/mol. The molecule has 0 fully saturated rings. The minimum atomic E-state index is -0.745. The predicted molar refractivity (Wildman–Crippen MR) is 108 cm³/mol. The molecule has 0 aliphatic heterocycles. The molecule has 30 heavy (non-hydrogen) atoms. The SMILES string of the molecule is CCOC(=O)c1[nH]c(C)c(C(=O)OC/C(O)=C(\C#N)c2nc3ccccc3[nH]2)c1C. The van der Waals surface area contributed by atoms with Crippen molar-refractivity contribution in [1.29, 1.82) is 5.26 Å². The van der Waals surface area contributed by atoms with Gasteiger partial charge in [-0.05, 0) is 38.5 Å². The molecule has 0 atom stereocenters. The zero-order valence-electron chi connectivity index (χ0n) is 16.7. The van der Waals surface area contributed by atoms with Gasteiger partial charge in [0.25, 0.3) is 0 Å². The molecular formula is C21H20N4O5. The summed E-state index contributed by atoms with van der Waals surface area (Å²) in [5, 5.41) is 19.8. The van der Waals surface area contributed by atoms with Gasteiger partial charge in [0.1, 0.15) is 23.9 Å². The Labute approximate surface area is 172 Å². The van der Waals surface area contributed by atoms with Gasteiger partial charge in [0.15, 0.2) is 11.6 Å². The number of rotatable bonds is 6. The second-order valence-corrected chi connectivity index (χ2v) is 6.46. The summed E-state index contributed by atoms with van der Waals surface area (Å²) in [5.41, 5.74) is 2.37. The van der Waals surface area contributed by atoms with E-state index < -0.39 is 24.3 Å². The lowest BCUT2D eigenvalue weighted by Gasteiger charge is -2.06. The van der Waals surface area contributed by atoms with E-state index in [2.05, 4.69) is 15.0 Å². The quantitative estimate of drug-likeness (QED) is 0.323. The topological polar surface area (TPSA) is 141 Å². The van der Waals surface area contributed by atoms with Crippen LogP contribution in [-0.4, -0.2) is 45.2 Å². The summed E-state index contributed by atoms with van der Waals surface area (Å²) in [4.78, 5) is 34.6. The molecule has 1 aromatic carbocycles. The average Bonchev–Trinajstić information content (AvgIpc) is 3.27. The minimum Gasteiger partial charge on any atom is -0.507 e. The number of allylic oxidation sites excluding steroid dienone is 1. The van der Waals surface area contributed by atoms with Gasteiger partial charge in [-0.1, -0.05) is 12.1 Å². The molecule has 0 aliphatic carbocycles. The lowest BCUT2D eigenvalue weighted by Crippen LogP contribution is -2.11. The van der Waals surface area contributed by atoms with Crippen LogP contribution in [0.5, 0.6) is 0 Å². The molecule has 9 heteroatoms. The Morgan fingerprint density at radius 3 is 2.57 bits per heavy atom. The lowest BCUT2D eigenvalue weighted by molar-refractivity contribution is 0.0501. The van der Waals surface area contributed by atoms with Gasteiger partial charge in [-0.15, -0.1) is 0 Å². The Bertz CT molecular complexity index is 1160. The number of carbonyl (C=O) groups is 2. The van der Waals surface area contributed by atoms with Crippen molar-refractivity contribution >= 4 is 28.5 Å². The fourth-order valence-corrected chi connectivity index (χ4v) is 3.07. The normalized spacial score (nSPS) is 11.7. The fourth-order valence-electron chi connectivity index (χ4n) is 3.07. The predicted octanol–water partition coefficient (Wildman–Crippen LogP) is 3.33. The van der Waals surface area contributed by atoms with Crippen molar-refractivity contribution in [2.24, 2.45) is 0 Å². The van der Waals surface area contributed by atoms with E-state index in [4.69, 9.17) is 9.47 Å². The summed E-state index contributed by atoms with van der Waals surface area (Å²) in [7, 11) is 0. The number of nitrogens with one attached hydrogen (secondary N) is 2. The van der Waals surface area contributed by atoms with Crippen LogP contribution in [0.4, 0.5) is 0 Å². The molecule has 0 saturated heterocycles. The fraction of sp³-hybridized carbons (Fsp3) is 0.238. The first-order valence-electron chi connectivity index (χ1n) is 9.18. The number of nitriles is 1. The number of H-pyrrole nitrogens is 2. The van der Waals surface area contributed by atoms with Crippen molar-refractivity contribution in [3.05, 3.63) is 58.4 Å². The number of hydrogen-bond donors (Lipinski definition) is 3. The maximum atomic E-state index is 12.5. The van der Waals surface area contributed by atoms with E-state index in [1.165, 1.54) is 0 Å². The third-order valence-electron chi connectivity index (χ3n) is 4.49. The van der Waals surface area contributed by atoms with Crippen LogP contribution in [-0.2, 0) is 9.47 Å². The van der Waals surface area contributed by atoms with Crippen LogP contribution in [0.3, 0.4) is 0 Å². The van der Waals surface area contributed by atoms with Crippen molar-refractivity contribution in [2.75, 3.05) is 13.2 Å². The van der Waals surface area contributed by atoms with E-state index in [-0.39, 0.29) is 29.3 Å². The zero-order valence-corrected chi connectivity index (χ0v) is 16.7. The second-order valence-electron chi connectivity index (χ2n) is 6.46. The van der Waals surface area contributed by atoms with Crippen LogP contribution in [0.1, 0.15) is 44.9 Å². The Morgan fingerprint density at radius 2 is 1.90 bits per heavy atom. The Hall–Kier alpha value is -4.06. The molecule has 2 heterocycles. The summed E-state index contributed by atoms with van der Waals surface area (Å²) >= 11 is 0. The van der Waals surface area contributed by atoms with Gasteiger partial charge in [0.2, 0.25) is 0 Å². The summed E-state index contributed by atoms with van der Waals surface area (Å²) in [5.74, 6) is -1.59. The van der Waals surface area contributed by atoms with E-state index in [0.29, 0.717) is 22.3 Å². The van der Waals surface area contributed by atoms with Crippen LogP contribution in [0.2, 0.25) is 0 Å². The first kappa shape index (κ1) is 20.7. The second kappa shape index (κ2) is 8.53. The Morgan fingerprint density at radius 1 is 1.17 bits per heavy atom. The summed E-state index contributed by atoms with van der Waals surface area (Å²) in [6.07, 6.45) is 0. The molecule has 9 nitrogen and oxygen atoms in total. The van der Waals surface area contributed by atoms with E-state index in [9.17, 15) is 20.0 Å². The standard InChI is InChI=1S/C21H20N4O5/c1-4-29-21(28)18-11(2)17(12(3)23-18)20(27)30-10-16(26)13(9-22)19-24-14-7-5-6-8-15(14)25-19/h5-8,23,26H,4,10H2,1-3H3,(H,24,25)/b16-13-. The van der Waals surface area contributed by atoms with Gasteiger partial charge < -0.3 is 24.5 Å². The number of hydrogen-bond acceptors (Lipinski definition) is 7. The van der Waals surface area contributed by atoms with Crippen LogP contribution in [0.15, 0.2) is 30.0 Å². The molecule has 3 rings (SSSR count). The Balaban J connectivity index is 1.81. The van der Waals surface area contributed by atoms with E-state index in [1.54, 1.807) is 39.0 Å². The summed E-state index contributed by atoms with van der Waals surface area (Å²) < 4.78 is 10.1. The van der Waals surface area contributed by atoms with Crippen LogP contribution >= 0.6 is 0 Å². The number of para-hydroxylation sites is 2. The zero-order chi connectivity index (χ0) is 21.8. The van der Waals surface area contributed by atoms with Crippen molar-refractivity contribution in [1.82, 2.24) is 15.0 Å². The maximum Gasteiger partial charge on any atom is 0.355 e. The van der Waals surface area contributed by atoms with Crippen LogP contribution in [0.25, 0.3) is 16.6 Å². The van der Waals surface area contributed by atoms with Gasteiger partial charge in [-0.2, -0.15) is 5.26 Å². The molecule has 2 aromatic heterocycles. The summed E-state index contributed by atoms with van der Waals surface area (Å²) in [6.45, 7) is 4.57. The molecule has 3 aromatic rings. The number of nitrogens with zero attached hydrogens (tertiary/aromatic N) is 2. The largest absolute Gasteiger partial charge is 0.507 e. The number of aliphatic hydroxyl groups is 1. The third kappa shape index (κ3) is 3.89. The average molecular weight is 408 g/mol. The maximum absolute atomic E-state index is 12.5. The van der Waals surface area contributed by atoms with Gasteiger partial charge in [-0.3, -0.25) is 0 Å². The number of carbonyl (C=O) groups excluding carboxylic acids is 2. The van der Waals surface area contributed by atoms with Crippen LogP contribution in [0, 0.1) is 25.2 Å². The number of fused-ring (bicyclic) bond motifs is 1. The first-order valence-corrected chi connectivity index (χ1v) is 9.18. The lowest BCUT2D eigenvalue weighted by atomic mass is 10.1. The van der Waals surface area contributed by atoms with Gasteiger partial charge in [-0.25, -0.2) is 14.6 Å². The van der Waals surface area contributed by atoms with Gasteiger partial charge in [0, 0.05) is 5.69 Å². The van der Waals surface area contributed by atoms with Crippen molar-refractivity contribution in [3.8, 4) is 6.07 Å². The molecule has 0 spiro atoms. The van der Waals surface area contributed by atoms with Crippen molar-refractivity contribution in [2.45, 2.75) is 20.8 Å². The number of aryl methyl sites for hydroxylation is 1. The highest BCUT2D eigenvalue weighted by Crippen LogP contribution is 2.22. The number of aliphatic hydroxyl groups excluding tert-OH is 1. The number of aromatic amines is 2. The van der Waals surface area contributed by atoms with Crippen molar-refractivity contribution < 1.29 is 24.2 Å². The minimum absolute atomic E-state index is 0.131. The molecule has 0 unspecified atom stereocenters. The number of esters is 2. The highest BCUT2D eigenvalue weighted by molar-refractivity contribution is 5.98.